The van der Waals surface area contributed by atoms with Crippen LogP contribution in [0.2, 0.25) is 0 Å². The Hall–Kier alpha value is -0.770. The summed E-state index contributed by atoms with van der Waals surface area (Å²) in [6.45, 7) is 7.10. The lowest BCUT2D eigenvalue weighted by atomic mass is 10.2. The first-order valence-corrected chi connectivity index (χ1v) is 5.06. The van der Waals surface area contributed by atoms with Crippen LogP contribution in [-0.2, 0) is 9.47 Å². The lowest BCUT2D eigenvalue weighted by Crippen LogP contribution is -2.33. The third-order valence-electron chi connectivity index (χ3n) is 1.77. The summed E-state index contributed by atoms with van der Waals surface area (Å²) >= 11 is 0. The Morgan fingerprint density at radius 3 is 2.71 bits per heavy atom. The molecule has 0 saturated carbocycles. The number of amides is 1. The fourth-order valence-electron chi connectivity index (χ4n) is 1.07. The molecule has 4 heteroatoms. The van der Waals surface area contributed by atoms with E-state index in [0.717, 1.165) is 19.4 Å². The van der Waals surface area contributed by atoms with Crippen molar-refractivity contribution < 1.29 is 14.3 Å². The van der Waals surface area contributed by atoms with E-state index in [4.69, 9.17) is 9.47 Å². The topological polar surface area (TPSA) is 50.9 Å². The predicted octanol–water partition coefficient (Wildman–Crippen LogP) is 1.69. The Bertz CT molecular complexity index is 194. The van der Waals surface area contributed by atoms with E-state index >= 15 is 0 Å². The highest BCUT2D eigenvalue weighted by atomic mass is 16.6. The summed E-state index contributed by atoms with van der Waals surface area (Å²) in [4.78, 5) is 11.2. The van der Waals surface area contributed by atoms with Gasteiger partial charge in [-0.25, -0.2) is 4.79 Å². The van der Waals surface area contributed by atoms with Gasteiger partial charge in [0.15, 0.2) is 0 Å². The van der Waals surface area contributed by atoms with Gasteiger partial charge >= 0.3 is 6.09 Å². The number of hydrogen-bond acceptors (Lipinski definition) is 3. The minimum Gasteiger partial charge on any atom is -0.444 e. The number of hydrogen-bond donors (Lipinski definition) is 1. The molecule has 1 atom stereocenters. The van der Waals surface area contributed by atoms with Crippen LogP contribution in [0.15, 0.2) is 0 Å². The van der Waals surface area contributed by atoms with Gasteiger partial charge in [0, 0.05) is 6.54 Å². The van der Waals surface area contributed by atoms with Gasteiger partial charge in [-0.05, 0) is 33.6 Å². The van der Waals surface area contributed by atoms with Crippen molar-refractivity contribution in [3.8, 4) is 0 Å². The maximum Gasteiger partial charge on any atom is 0.407 e. The van der Waals surface area contributed by atoms with Crippen LogP contribution < -0.4 is 5.32 Å². The molecule has 0 aliphatic carbocycles. The normalized spacial score (nSPS) is 20.4. The average molecular weight is 201 g/mol. The highest BCUT2D eigenvalue weighted by molar-refractivity contribution is 5.67. The Kier molecular flexibility index (Phi) is 3.75. The molecular weight excluding hydrogens is 182 g/mol. The number of nitrogens with one attached hydrogen (secondary N) is 1. The van der Waals surface area contributed by atoms with Crippen LogP contribution >= 0.6 is 0 Å². The fraction of sp³-hybridized carbons (Fsp3) is 0.900. The number of rotatable bonds is 4. The monoisotopic (exact) mass is 201 g/mol. The van der Waals surface area contributed by atoms with Crippen LogP contribution in [0.1, 0.15) is 33.6 Å². The van der Waals surface area contributed by atoms with Crippen molar-refractivity contribution in [3.63, 3.8) is 0 Å². The number of epoxide rings is 1. The molecule has 1 amide bonds. The minimum absolute atomic E-state index is 0.339. The SMILES string of the molecule is CC(C)(C)OC(=O)NCCC[C@H]1CO1. The van der Waals surface area contributed by atoms with Crippen LogP contribution in [0.4, 0.5) is 4.79 Å². The standard InChI is InChI=1S/C10H19NO3/c1-10(2,3)14-9(12)11-6-4-5-8-7-13-8/h8H,4-7H2,1-3H3,(H,11,12)/t8-/m0/s1. The van der Waals surface area contributed by atoms with Crippen molar-refractivity contribution in [2.24, 2.45) is 0 Å². The highest BCUT2D eigenvalue weighted by Crippen LogP contribution is 2.14. The summed E-state index contributed by atoms with van der Waals surface area (Å²) in [6, 6.07) is 0. The van der Waals surface area contributed by atoms with Gasteiger partial charge in [0.2, 0.25) is 0 Å². The van der Waals surface area contributed by atoms with Crippen molar-refractivity contribution in [2.45, 2.75) is 45.3 Å². The number of carbonyl (C=O) groups excluding carboxylic acids is 1. The summed E-state index contributed by atoms with van der Waals surface area (Å²) in [5, 5.41) is 2.71. The molecule has 1 aliphatic heterocycles. The third-order valence-corrected chi connectivity index (χ3v) is 1.77. The smallest absolute Gasteiger partial charge is 0.407 e. The molecule has 1 N–H and O–H groups in total. The molecule has 1 rings (SSSR count). The van der Waals surface area contributed by atoms with Gasteiger partial charge in [-0.3, -0.25) is 0 Å². The van der Waals surface area contributed by atoms with Crippen molar-refractivity contribution in [2.75, 3.05) is 13.2 Å². The second-order valence-corrected chi connectivity index (χ2v) is 4.53. The molecule has 0 unspecified atom stereocenters. The molecule has 0 radical (unpaired) electrons. The highest BCUT2D eigenvalue weighted by Gasteiger charge is 2.21. The second kappa shape index (κ2) is 4.64. The Morgan fingerprint density at radius 1 is 1.57 bits per heavy atom. The van der Waals surface area contributed by atoms with Crippen LogP contribution in [0.25, 0.3) is 0 Å². The largest absolute Gasteiger partial charge is 0.444 e. The van der Waals surface area contributed by atoms with E-state index < -0.39 is 5.60 Å². The van der Waals surface area contributed by atoms with Gasteiger partial charge in [-0.15, -0.1) is 0 Å². The first-order valence-electron chi connectivity index (χ1n) is 5.06. The van der Waals surface area contributed by atoms with Crippen molar-refractivity contribution in [1.82, 2.24) is 5.32 Å². The summed E-state index contributed by atoms with van der Waals surface area (Å²) in [5.41, 5.74) is -0.413. The van der Waals surface area contributed by atoms with Crippen molar-refractivity contribution in [3.05, 3.63) is 0 Å². The van der Waals surface area contributed by atoms with Gasteiger partial charge in [0.25, 0.3) is 0 Å². The molecule has 1 aliphatic rings. The number of ether oxygens (including phenoxy) is 2. The Morgan fingerprint density at radius 2 is 2.21 bits per heavy atom. The van der Waals surface area contributed by atoms with E-state index in [0.29, 0.717) is 12.6 Å². The zero-order valence-electron chi connectivity index (χ0n) is 9.13. The molecule has 0 spiro atoms. The van der Waals surface area contributed by atoms with Crippen LogP contribution in [0, 0.1) is 0 Å². The first-order chi connectivity index (χ1) is 6.47. The summed E-state index contributed by atoms with van der Waals surface area (Å²) in [6.07, 6.45) is 2.07. The van der Waals surface area contributed by atoms with E-state index in [1.807, 2.05) is 20.8 Å². The average Bonchev–Trinajstić information content (AvgIpc) is 2.77. The van der Waals surface area contributed by atoms with Crippen LogP contribution in [0.3, 0.4) is 0 Å². The zero-order chi connectivity index (χ0) is 10.6. The molecule has 1 heterocycles. The fourth-order valence-corrected chi connectivity index (χ4v) is 1.07. The Balaban J connectivity index is 1.96. The summed E-state index contributed by atoms with van der Waals surface area (Å²) < 4.78 is 10.1. The maximum absolute atomic E-state index is 11.2. The van der Waals surface area contributed by atoms with Crippen LogP contribution in [0.5, 0.6) is 0 Å². The summed E-state index contributed by atoms with van der Waals surface area (Å²) in [7, 11) is 0. The van der Waals surface area contributed by atoms with Crippen molar-refractivity contribution in [1.29, 1.82) is 0 Å². The molecule has 1 fully saturated rings. The molecule has 14 heavy (non-hydrogen) atoms. The number of alkyl carbamates (subject to hydrolysis) is 1. The molecule has 1 saturated heterocycles. The van der Waals surface area contributed by atoms with E-state index in [-0.39, 0.29) is 6.09 Å². The lowest BCUT2D eigenvalue weighted by molar-refractivity contribution is 0.0526. The van der Waals surface area contributed by atoms with Crippen LogP contribution in [-0.4, -0.2) is 30.9 Å². The second-order valence-electron chi connectivity index (χ2n) is 4.53. The zero-order valence-corrected chi connectivity index (χ0v) is 9.13. The maximum atomic E-state index is 11.2. The molecule has 0 aromatic heterocycles. The molecule has 0 aromatic rings. The lowest BCUT2D eigenvalue weighted by Gasteiger charge is -2.19. The van der Waals surface area contributed by atoms with E-state index in [2.05, 4.69) is 5.32 Å². The van der Waals surface area contributed by atoms with E-state index in [9.17, 15) is 4.79 Å². The van der Waals surface area contributed by atoms with E-state index in [1.165, 1.54) is 0 Å². The molecule has 0 bridgehead atoms. The number of carbonyl (C=O) groups is 1. The molecule has 4 nitrogen and oxygen atoms in total. The molecule has 82 valence electrons. The molecular formula is C10H19NO3. The van der Waals surface area contributed by atoms with Gasteiger partial charge in [0.1, 0.15) is 5.60 Å². The van der Waals surface area contributed by atoms with E-state index in [1.54, 1.807) is 0 Å². The predicted molar refractivity (Wildman–Crippen MR) is 53.2 cm³/mol. The van der Waals surface area contributed by atoms with Gasteiger partial charge in [0.05, 0.1) is 12.7 Å². The minimum atomic E-state index is -0.413. The van der Waals surface area contributed by atoms with Gasteiger partial charge in [-0.2, -0.15) is 0 Å². The Labute approximate surface area is 85.0 Å². The quantitative estimate of drug-likeness (QED) is 0.556. The van der Waals surface area contributed by atoms with Crippen molar-refractivity contribution >= 4 is 6.09 Å². The summed E-state index contributed by atoms with van der Waals surface area (Å²) in [5.74, 6) is 0. The first kappa shape index (κ1) is 11.3. The van der Waals surface area contributed by atoms with Gasteiger partial charge in [-0.1, -0.05) is 0 Å². The van der Waals surface area contributed by atoms with Gasteiger partial charge < -0.3 is 14.8 Å². The molecule has 0 aromatic carbocycles. The third kappa shape index (κ3) is 5.80.